The van der Waals surface area contributed by atoms with Crippen LogP contribution in [0.1, 0.15) is 37.3 Å². The average Bonchev–Trinajstić information content (AvgIpc) is 3.38. The van der Waals surface area contributed by atoms with Gasteiger partial charge in [0.15, 0.2) is 0 Å². The van der Waals surface area contributed by atoms with Gasteiger partial charge in [0.1, 0.15) is 5.82 Å². The van der Waals surface area contributed by atoms with E-state index in [-0.39, 0.29) is 42.1 Å². The molecule has 8 heteroatoms. The molecule has 1 N–H and O–H groups in total. The molecule has 1 saturated carbocycles. The molecule has 2 heterocycles. The van der Waals surface area contributed by atoms with E-state index in [0.717, 1.165) is 47.1 Å². The van der Waals surface area contributed by atoms with Crippen molar-refractivity contribution in [2.75, 3.05) is 4.90 Å². The molecule has 182 valence electrons. The van der Waals surface area contributed by atoms with Crippen LogP contribution < -0.4 is 10.2 Å². The minimum atomic E-state index is -0.384. The fraction of sp³-hybridized carbons (Fsp3) is 0.250. The summed E-state index contributed by atoms with van der Waals surface area (Å²) in [5.74, 6) is -0.327. The second kappa shape index (κ2) is 9.06. The normalized spacial score (nSPS) is 20.1. The summed E-state index contributed by atoms with van der Waals surface area (Å²) in [5, 5.41) is 9.05. The predicted octanol–water partition coefficient (Wildman–Crippen LogP) is 5.58. The molecule has 6 nitrogen and oxygen atoms in total. The molecule has 1 aliphatic heterocycles. The minimum Gasteiger partial charge on any atom is -0.350 e. The maximum Gasteiger partial charge on any atom is 0.229 e. The fourth-order valence-electron chi connectivity index (χ4n) is 5.17. The molecule has 1 aromatic heterocycles. The van der Waals surface area contributed by atoms with E-state index in [1.807, 2.05) is 36.4 Å². The monoisotopic (exact) mass is 502 g/mol. The molecule has 0 bridgehead atoms. The summed E-state index contributed by atoms with van der Waals surface area (Å²) in [6.07, 6.45) is 4.80. The lowest BCUT2D eigenvalue weighted by Crippen LogP contribution is -2.44. The summed E-state index contributed by atoms with van der Waals surface area (Å²) in [7, 11) is 0. The summed E-state index contributed by atoms with van der Waals surface area (Å²) < 4.78 is 15.1. The van der Waals surface area contributed by atoms with Gasteiger partial charge in [-0.15, -0.1) is 0 Å². The Morgan fingerprint density at radius 1 is 1.03 bits per heavy atom. The van der Waals surface area contributed by atoms with E-state index in [1.54, 1.807) is 34.0 Å². The SMILES string of the molecule is O=C(NC1CC(=O)N(c2ccc3c(cnn3-c3ccc(F)cc3)c2)C1c1cccc(Cl)c1)C1CCC1. The number of rotatable bonds is 5. The number of hydrogen-bond acceptors (Lipinski definition) is 3. The van der Waals surface area contributed by atoms with Crippen LogP contribution in [0.5, 0.6) is 0 Å². The first-order valence-electron chi connectivity index (χ1n) is 12.1. The highest BCUT2D eigenvalue weighted by Gasteiger charge is 2.43. The number of hydrogen-bond donors (Lipinski definition) is 1. The van der Waals surface area contributed by atoms with Crippen molar-refractivity contribution >= 4 is 40.0 Å². The van der Waals surface area contributed by atoms with Crippen molar-refractivity contribution in [1.29, 1.82) is 0 Å². The van der Waals surface area contributed by atoms with Gasteiger partial charge in [-0.3, -0.25) is 9.59 Å². The molecule has 2 atom stereocenters. The first-order chi connectivity index (χ1) is 17.5. The Kier molecular flexibility index (Phi) is 5.72. The Morgan fingerprint density at radius 2 is 1.81 bits per heavy atom. The zero-order chi connectivity index (χ0) is 24.8. The molecule has 36 heavy (non-hydrogen) atoms. The van der Waals surface area contributed by atoms with Gasteiger partial charge < -0.3 is 10.2 Å². The summed E-state index contributed by atoms with van der Waals surface area (Å²) in [5.41, 5.74) is 3.17. The summed E-state index contributed by atoms with van der Waals surface area (Å²) in [6.45, 7) is 0. The van der Waals surface area contributed by atoms with Crippen molar-refractivity contribution in [3.8, 4) is 5.69 Å². The number of anilines is 1. The van der Waals surface area contributed by atoms with E-state index in [9.17, 15) is 14.0 Å². The van der Waals surface area contributed by atoms with Gasteiger partial charge in [0.05, 0.1) is 29.5 Å². The lowest BCUT2D eigenvalue weighted by Gasteiger charge is -2.31. The van der Waals surface area contributed by atoms with Crippen LogP contribution in [0.3, 0.4) is 0 Å². The number of amides is 2. The van der Waals surface area contributed by atoms with Gasteiger partial charge in [0.2, 0.25) is 11.8 Å². The number of nitrogens with one attached hydrogen (secondary N) is 1. The van der Waals surface area contributed by atoms with Crippen LogP contribution in [-0.2, 0) is 9.59 Å². The van der Waals surface area contributed by atoms with Crippen molar-refractivity contribution in [3.63, 3.8) is 0 Å². The molecule has 1 saturated heterocycles. The molecular weight excluding hydrogens is 479 g/mol. The summed E-state index contributed by atoms with van der Waals surface area (Å²) in [4.78, 5) is 27.9. The zero-order valence-corrected chi connectivity index (χ0v) is 20.2. The number of aromatic nitrogens is 2. The molecule has 2 fully saturated rings. The lowest BCUT2D eigenvalue weighted by molar-refractivity contribution is -0.128. The second-order valence-electron chi connectivity index (χ2n) is 9.49. The highest BCUT2D eigenvalue weighted by Crippen LogP contribution is 2.40. The Hall–Kier alpha value is -3.71. The minimum absolute atomic E-state index is 0.0176. The van der Waals surface area contributed by atoms with Crippen LogP contribution in [0, 0.1) is 11.7 Å². The molecule has 0 radical (unpaired) electrons. The van der Waals surface area contributed by atoms with Crippen LogP contribution in [0.2, 0.25) is 5.02 Å². The number of halogens is 2. The number of fused-ring (bicyclic) bond motifs is 1. The van der Waals surface area contributed by atoms with Crippen molar-refractivity contribution < 1.29 is 14.0 Å². The molecule has 2 aliphatic rings. The zero-order valence-electron chi connectivity index (χ0n) is 19.4. The van der Waals surface area contributed by atoms with Crippen LogP contribution >= 0.6 is 11.6 Å². The molecule has 1 aliphatic carbocycles. The first kappa shape index (κ1) is 22.7. The number of benzene rings is 3. The van der Waals surface area contributed by atoms with Crippen LogP contribution in [0.4, 0.5) is 10.1 Å². The molecule has 2 unspecified atom stereocenters. The smallest absolute Gasteiger partial charge is 0.229 e. The van der Waals surface area contributed by atoms with Crippen molar-refractivity contribution in [2.45, 2.75) is 37.8 Å². The van der Waals surface area contributed by atoms with E-state index in [0.29, 0.717) is 5.02 Å². The van der Waals surface area contributed by atoms with Gasteiger partial charge in [-0.05, 0) is 73.0 Å². The van der Waals surface area contributed by atoms with E-state index in [1.165, 1.54) is 12.1 Å². The van der Waals surface area contributed by atoms with Gasteiger partial charge >= 0.3 is 0 Å². The number of carbonyl (C=O) groups excluding carboxylic acids is 2. The third kappa shape index (κ3) is 4.03. The quantitative estimate of drug-likeness (QED) is 0.387. The van der Waals surface area contributed by atoms with Gasteiger partial charge in [0.25, 0.3) is 0 Å². The predicted molar refractivity (Wildman–Crippen MR) is 137 cm³/mol. The summed E-state index contributed by atoms with van der Waals surface area (Å²) >= 11 is 6.31. The fourth-order valence-corrected chi connectivity index (χ4v) is 5.37. The van der Waals surface area contributed by atoms with Gasteiger partial charge in [0, 0.05) is 28.4 Å². The molecule has 0 spiro atoms. The highest BCUT2D eigenvalue weighted by atomic mass is 35.5. The molecule has 2 amide bonds. The standard InChI is InChI=1S/C28H24ClFN4O2/c29-20-6-2-5-18(13-20)27-24(32-28(36)17-3-1-4-17)15-26(35)33(27)23-11-12-25-19(14-23)16-31-34(25)22-9-7-21(30)8-10-22/h2,5-14,16-17,24,27H,1,3-4,15H2,(H,32,36). The topological polar surface area (TPSA) is 67.2 Å². The van der Waals surface area contributed by atoms with Crippen LogP contribution in [-0.4, -0.2) is 27.6 Å². The maximum atomic E-state index is 13.4. The van der Waals surface area contributed by atoms with Gasteiger partial charge in [-0.1, -0.05) is 30.2 Å². The van der Waals surface area contributed by atoms with E-state index in [2.05, 4.69) is 10.4 Å². The van der Waals surface area contributed by atoms with Gasteiger partial charge in [-0.25, -0.2) is 9.07 Å². The Balaban J connectivity index is 1.37. The Labute approximate surface area is 212 Å². The van der Waals surface area contributed by atoms with Gasteiger partial charge in [-0.2, -0.15) is 5.10 Å². The molecule has 6 rings (SSSR count). The number of nitrogens with zero attached hydrogens (tertiary/aromatic N) is 3. The lowest BCUT2D eigenvalue weighted by atomic mass is 9.84. The van der Waals surface area contributed by atoms with Crippen molar-refractivity contribution in [3.05, 3.63) is 89.3 Å². The van der Waals surface area contributed by atoms with Crippen molar-refractivity contribution in [2.24, 2.45) is 5.92 Å². The van der Waals surface area contributed by atoms with Crippen LogP contribution in [0.25, 0.3) is 16.6 Å². The van der Waals surface area contributed by atoms with Crippen LogP contribution in [0.15, 0.2) is 72.9 Å². The second-order valence-corrected chi connectivity index (χ2v) is 9.92. The number of carbonyl (C=O) groups is 2. The molecule has 3 aromatic carbocycles. The first-order valence-corrected chi connectivity index (χ1v) is 12.5. The largest absolute Gasteiger partial charge is 0.350 e. The maximum absolute atomic E-state index is 13.4. The average molecular weight is 503 g/mol. The van der Waals surface area contributed by atoms with E-state index < -0.39 is 0 Å². The van der Waals surface area contributed by atoms with E-state index >= 15 is 0 Å². The summed E-state index contributed by atoms with van der Waals surface area (Å²) in [6, 6.07) is 18.6. The highest BCUT2D eigenvalue weighted by molar-refractivity contribution is 6.30. The third-order valence-corrected chi connectivity index (χ3v) is 7.45. The Bertz CT molecular complexity index is 1460. The molecular formula is C28H24ClFN4O2. The Morgan fingerprint density at radius 3 is 2.53 bits per heavy atom. The van der Waals surface area contributed by atoms with E-state index in [4.69, 9.17) is 11.6 Å². The molecule has 4 aromatic rings. The van der Waals surface area contributed by atoms with Crippen molar-refractivity contribution in [1.82, 2.24) is 15.1 Å². The third-order valence-electron chi connectivity index (χ3n) is 7.22.